The monoisotopic (exact) mass is 340 g/mol. The highest BCUT2D eigenvalue weighted by molar-refractivity contribution is 8.02. The maximum Gasteiger partial charge on any atom is 0.244 e. The van der Waals surface area contributed by atoms with Crippen molar-refractivity contribution in [2.24, 2.45) is 5.92 Å². The topological polar surface area (TPSA) is 58.4 Å². The lowest BCUT2D eigenvalue weighted by molar-refractivity contribution is -0.116. The molecule has 0 spiro atoms. The van der Waals surface area contributed by atoms with Crippen molar-refractivity contribution in [3.8, 4) is 0 Å². The standard InChI is InChI=1S/C18H20N4OS/c23-17(20-12-13-6-9-19-10-7-13)5-4-14-15-8-11-24-18-3-1-2-16(21-14)22(15)18/h1-5,8,11,13,19H,6-7,9-10,12H2,(H,20,23). The van der Waals surface area contributed by atoms with E-state index in [1.54, 1.807) is 17.8 Å². The molecular weight excluding hydrogens is 320 g/mol. The van der Waals surface area contributed by atoms with Crippen LogP contribution >= 0.6 is 11.8 Å². The highest BCUT2D eigenvalue weighted by Crippen LogP contribution is 2.30. The van der Waals surface area contributed by atoms with E-state index in [2.05, 4.69) is 31.5 Å². The number of nitrogens with zero attached hydrogens (tertiary/aromatic N) is 2. The minimum absolute atomic E-state index is 0.0489. The van der Waals surface area contributed by atoms with Gasteiger partial charge < -0.3 is 10.6 Å². The molecule has 0 saturated carbocycles. The van der Waals surface area contributed by atoms with E-state index < -0.39 is 0 Å². The predicted molar refractivity (Wildman–Crippen MR) is 97.7 cm³/mol. The molecule has 5 nitrogen and oxygen atoms in total. The number of thioether (sulfide) groups is 1. The van der Waals surface area contributed by atoms with E-state index in [1.807, 2.05) is 24.3 Å². The van der Waals surface area contributed by atoms with Crippen molar-refractivity contribution in [2.45, 2.75) is 17.9 Å². The molecule has 0 bridgehead atoms. The van der Waals surface area contributed by atoms with Crippen LogP contribution in [-0.2, 0) is 4.79 Å². The molecule has 1 amide bonds. The number of carbonyl (C=O) groups is 1. The Bertz CT molecular complexity index is 818. The van der Waals surface area contributed by atoms with Gasteiger partial charge in [-0.05, 0) is 61.5 Å². The predicted octanol–water partition coefficient (Wildman–Crippen LogP) is 2.54. The number of imidazole rings is 1. The summed E-state index contributed by atoms with van der Waals surface area (Å²) in [6.07, 6.45) is 7.71. The minimum Gasteiger partial charge on any atom is -0.352 e. The summed E-state index contributed by atoms with van der Waals surface area (Å²) in [6.45, 7) is 2.85. The quantitative estimate of drug-likeness (QED) is 0.840. The van der Waals surface area contributed by atoms with E-state index in [1.165, 1.54) is 0 Å². The molecule has 2 aliphatic heterocycles. The van der Waals surface area contributed by atoms with Gasteiger partial charge in [0.2, 0.25) is 5.91 Å². The number of piperidine rings is 1. The van der Waals surface area contributed by atoms with Crippen molar-refractivity contribution >= 4 is 35.5 Å². The van der Waals surface area contributed by atoms with Crippen molar-refractivity contribution in [2.75, 3.05) is 19.6 Å². The lowest BCUT2D eigenvalue weighted by Gasteiger charge is -2.22. The number of nitrogens with one attached hydrogen (secondary N) is 2. The van der Waals surface area contributed by atoms with Gasteiger partial charge in [0, 0.05) is 12.6 Å². The molecule has 24 heavy (non-hydrogen) atoms. The van der Waals surface area contributed by atoms with Crippen LogP contribution in [0.2, 0.25) is 0 Å². The van der Waals surface area contributed by atoms with Gasteiger partial charge in [0.25, 0.3) is 0 Å². The van der Waals surface area contributed by atoms with Gasteiger partial charge >= 0.3 is 0 Å². The minimum atomic E-state index is -0.0489. The number of pyridine rings is 1. The Morgan fingerprint density at radius 1 is 1.42 bits per heavy atom. The van der Waals surface area contributed by atoms with E-state index in [4.69, 9.17) is 0 Å². The van der Waals surface area contributed by atoms with Crippen LogP contribution in [0.15, 0.2) is 34.7 Å². The number of amides is 1. The molecule has 0 atom stereocenters. The van der Waals surface area contributed by atoms with E-state index in [9.17, 15) is 4.79 Å². The van der Waals surface area contributed by atoms with Crippen molar-refractivity contribution in [3.63, 3.8) is 0 Å². The van der Waals surface area contributed by atoms with Gasteiger partial charge in [-0.1, -0.05) is 17.8 Å². The number of rotatable bonds is 4. The molecule has 2 aromatic rings. The summed E-state index contributed by atoms with van der Waals surface area (Å²) >= 11 is 1.68. The molecule has 2 aliphatic rings. The van der Waals surface area contributed by atoms with E-state index in [0.717, 1.165) is 54.5 Å². The molecule has 1 saturated heterocycles. The van der Waals surface area contributed by atoms with Gasteiger partial charge in [-0.15, -0.1) is 0 Å². The zero-order valence-corrected chi connectivity index (χ0v) is 14.2. The molecule has 2 aromatic heterocycles. The van der Waals surface area contributed by atoms with Gasteiger partial charge in [-0.2, -0.15) is 0 Å². The Hall–Kier alpha value is -2.05. The van der Waals surface area contributed by atoms with Gasteiger partial charge in [-0.25, -0.2) is 4.98 Å². The maximum atomic E-state index is 12.1. The zero-order valence-electron chi connectivity index (χ0n) is 13.4. The van der Waals surface area contributed by atoms with Crippen LogP contribution in [0.3, 0.4) is 0 Å². The number of hydrogen-bond acceptors (Lipinski definition) is 4. The second kappa shape index (κ2) is 6.83. The van der Waals surface area contributed by atoms with Crippen LogP contribution < -0.4 is 10.6 Å². The fourth-order valence-electron chi connectivity index (χ4n) is 3.19. The number of carbonyl (C=O) groups excluding carboxylic acids is 1. The first-order chi connectivity index (χ1) is 11.8. The fraction of sp³-hybridized carbons (Fsp3) is 0.333. The smallest absolute Gasteiger partial charge is 0.244 e. The first-order valence-electron chi connectivity index (χ1n) is 8.32. The first-order valence-corrected chi connectivity index (χ1v) is 9.20. The average molecular weight is 340 g/mol. The highest BCUT2D eigenvalue weighted by Gasteiger charge is 2.15. The molecule has 0 aromatic carbocycles. The Balaban J connectivity index is 1.46. The molecule has 6 heteroatoms. The molecule has 2 N–H and O–H groups in total. The summed E-state index contributed by atoms with van der Waals surface area (Å²) in [5.74, 6) is 0.537. The van der Waals surface area contributed by atoms with Crippen LogP contribution in [0.1, 0.15) is 24.2 Å². The summed E-state index contributed by atoms with van der Waals surface area (Å²) in [4.78, 5) is 16.7. The second-order valence-electron chi connectivity index (χ2n) is 6.13. The molecule has 0 radical (unpaired) electrons. The van der Waals surface area contributed by atoms with Crippen LogP contribution in [0.5, 0.6) is 0 Å². The van der Waals surface area contributed by atoms with Crippen LogP contribution in [0.4, 0.5) is 0 Å². The molecule has 0 unspecified atom stereocenters. The molecule has 1 fully saturated rings. The van der Waals surface area contributed by atoms with E-state index >= 15 is 0 Å². The number of aromatic nitrogens is 2. The van der Waals surface area contributed by atoms with Gasteiger partial charge in [-0.3, -0.25) is 9.20 Å². The van der Waals surface area contributed by atoms with Crippen molar-refractivity contribution in [1.82, 2.24) is 20.0 Å². The van der Waals surface area contributed by atoms with Gasteiger partial charge in [0.1, 0.15) is 5.65 Å². The van der Waals surface area contributed by atoms with Gasteiger partial charge in [0.05, 0.1) is 16.4 Å². The van der Waals surface area contributed by atoms with Crippen molar-refractivity contribution in [3.05, 3.63) is 41.1 Å². The maximum absolute atomic E-state index is 12.1. The Morgan fingerprint density at radius 3 is 3.17 bits per heavy atom. The van der Waals surface area contributed by atoms with Gasteiger partial charge in [0.15, 0.2) is 0 Å². The Labute approximate surface area is 145 Å². The fourth-order valence-corrected chi connectivity index (χ4v) is 3.98. The third kappa shape index (κ3) is 3.12. The van der Waals surface area contributed by atoms with E-state index in [-0.39, 0.29) is 5.91 Å². The molecule has 124 valence electrons. The lowest BCUT2D eigenvalue weighted by atomic mass is 9.98. The third-order valence-electron chi connectivity index (χ3n) is 4.50. The first kappa shape index (κ1) is 15.5. The molecular formula is C18H20N4OS. The van der Waals surface area contributed by atoms with Crippen molar-refractivity contribution < 1.29 is 4.79 Å². The second-order valence-corrected chi connectivity index (χ2v) is 7.06. The Morgan fingerprint density at radius 2 is 2.29 bits per heavy atom. The van der Waals surface area contributed by atoms with Crippen LogP contribution in [0.25, 0.3) is 17.8 Å². The molecule has 4 rings (SSSR count). The highest BCUT2D eigenvalue weighted by atomic mass is 32.2. The summed E-state index contributed by atoms with van der Waals surface area (Å²) in [7, 11) is 0. The normalized spacial score (nSPS) is 17.7. The molecule has 4 heterocycles. The summed E-state index contributed by atoms with van der Waals surface area (Å²) < 4.78 is 2.12. The SMILES string of the molecule is O=C(C=Cc1nc2cccc3n2c1C=CS3)NCC1CCNCC1. The largest absolute Gasteiger partial charge is 0.352 e. The third-order valence-corrected chi connectivity index (χ3v) is 5.34. The summed E-state index contributed by atoms with van der Waals surface area (Å²) in [5, 5.41) is 9.55. The summed E-state index contributed by atoms with van der Waals surface area (Å²) in [6, 6.07) is 6.07. The average Bonchev–Trinajstić information content (AvgIpc) is 2.99. The zero-order chi connectivity index (χ0) is 16.4. The Kier molecular flexibility index (Phi) is 4.40. The lowest BCUT2D eigenvalue weighted by Crippen LogP contribution is -2.35. The van der Waals surface area contributed by atoms with E-state index in [0.29, 0.717) is 5.92 Å². The van der Waals surface area contributed by atoms with Crippen molar-refractivity contribution in [1.29, 1.82) is 0 Å². The molecule has 0 aliphatic carbocycles. The number of hydrogen-bond donors (Lipinski definition) is 2. The van der Waals surface area contributed by atoms with Crippen LogP contribution in [0, 0.1) is 5.92 Å². The summed E-state index contributed by atoms with van der Waals surface area (Å²) in [5.41, 5.74) is 2.77. The van der Waals surface area contributed by atoms with Crippen LogP contribution in [-0.4, -0.2) is 34.9 Å².